The third kappa shape index (κ3) is 5.72. The molecule has 4 aromatic rings. The quantitative estimate of drug-likeness (QED) is 0.297. The lowest BCUT2D eigenvalue weighted by molar-refractivity contribution is -0.149. The van der Waals surface area contributed by atoms with Gasteiger partial charge in [-0.3, -0.25) is 4.79 Å². The zero-order chi connectivity index (χ0) is 27.8. The van der Waals surface area contributed by atoms with Crippen LogP contribution in [-0.4, -0.2) is 59.4 Å². The Hall–Kier alpha value is -5.19. The van der Waals surface area contributed by atoms with Crippen molar-refractivity contribution in [3.63, 3.8) is 0 Å². The number of nitrogens with one attached hydrogen (secondary N) is 1. The van der Waals surface area contributed by atoms with Crippen molar-refractivity contribution in [1.82, 2.24) is 20.3 Å². The number of hydrogen-bond acceptors (Lipinski definition) is 9. The molecule has 39 heavy (non-hydrogen) atoms. The first-order valence-corrected chi connectivity index (χ1v) is 11.7. The van der Waals surface area contributed by atoms with Crippen LogP contribution in [0, 0.1) is 0 Å². The molecule has 11 heteroatoms. The fourth-order valence-electron chi connectivity index (χ4n) is 4.06. The minimum atomic E-state index is -1.76. The number of hydrogen-bond donors (Lipinski definition) is 2. The average Bonchev–Trinajstić information content (AvgIpc) is 2.99. The lowest BCUT2D eigenvalue weighted by atomic mass is 9.77. The Labute approximate surface area is 224 Å². The molecule has 3 aromatic carbocycles. The Morgan fingerprint density at radius 1 is 0.718 bits per heavy atom. The molecule has 4 rings (SSSR count). The highest BCUT2D eigenvalue weighted by Gasteiger charge is 2.50. The van der Waals surface area contributed by atoms with Crippen molar-refractivity contribution >= 4 is 11.9 Å². The fraction of sp³-hybridized carbons (Fsp3) is 0.179. The van der Waals surface area contributed by atoms with Gasteiger partial charge in [0, 0.05) is 5.56 Å². The summed E-state index contributed by atoms with van der Waals surface area (Å²) in [5.74, 6) is -1.38. The molecule has 1 unspecified atom stereocenters. The van der Waals surface area contributed by atoms with Crippen LogP contribution < -0.4 is 24.3 Å². The van der Waals surface area contributed by atoms with E-state index in [2.05, 4.69) is 20.3 Å². The number of nitrogens with zero attached hydrogens (tertiary/aromatic N) is 3. The predicted octanol–water partition coefficient (Wildman–Crippen LogP) is 3.10. The number of carboxylic acids is 1. The van der Waals surface area contributed by atoms with E-state index < -0.39 is 23.5 Å². The molecule has 0 saturated carbocycles. The molecule has 0 saturated heterocycles. The maximum atomic E-state index is 13.7. The van der Waals surface area contributed by atoms with Crippen LogP contribution in [0.2, 0.25) is 0 Å². The standard InChI is InChI=1S/C28H26N4O7/c1-36-21-16-14-18(15-17-21)23(33)32-28(19-10-6-4-7-11-19,20-12-8-5-9-13-20)22(24(34)35)39-27-30-25(37-2)29-26(31-27)38-3/h4-17,22H,1-3H3,(H,32,33)(H,34,35). The van der Waals surface area contributed by atoms with Gasteiger partial charge in [-0.05, 0) is 35.4 Å². The minimum absolute atomic E-state index is 0.145. The van der Waals surface area contributed by atoms with E-state index >= 15 is 0 Å². The SMILES string of the molecule is COc1ccc(C(=O)NC(c2ccccc2)(c2ccccc2)C(Oc2nc(OC)nc(OC)n2)C(=O)O)cc1. The first kappa shape index (κ1) is 26.9. The molecule has 0 spiro atoms. The topological polar surface area (TPSA) is 142 Å². The van der Waals surface area contributed by atoms with Gasteiger partial charge < -0.3 is 29.4 Å². The van der Waals surface area contributed by atoms with E-state index in [1.807, 2.05) is 0 Å². The van der Waals surface area contributed by atoms with E-state index in [1.54, 1.807) is 84.9 Å². The van der Waals surface area contributed by atoms with Crippen LogP contribution in [-0.2, 0) is 10.3 Å². The number of benzene rings is 3. The van der Waals surface area contributed by atoms with Gasteiger partial charge in [0.25, 0.3) is 5.91 Å². The molecule has 1 aromatic heterocycles. The van der Waals surface area contributed by atoms with Gasteiger partial charge in [-0.1, -0.05) is 60.7 Å². The number of carboxylic acid groups (broad SMARTS) is 1. The normalized spacial score (nSPS) is 11.7. The van der Waals surface area contributed by atoms with Crippen molar-refractivity contribution in [2.75, 3.05) is 21.3 Å². The third-order valence-electron chi connectivity index (χ3n) is 5.90. The van der Waals surface area contributed by atoms with Crippen LogP contribution in [0.4, 0.5) is 0 Å². The second kappa shape index (κ2) is 11.9. The highest BCUT2D eigenvalue weighted by Crippen LogP contribution is 2.36. The zero-order valence-corrected chi connectivity index (χ0v) is 21.4. The fourth-order valence-corrected chi connectivity index (χ4v) is 4.06. The smallest absolute Gasteiger partial charge is 0.348 e. The van der Waals surface area contributed by atoms with E-state index in [0.29, 0.717) is 16.9 Å². The lowest BCUT2D eigenvalue weighted by Gasteiger charge is -2.39. The largest absolute Gasteiger partial charge is 0.497 e. The maximum absolute atomic E-state index is 13.7. The summed E-state index contributed by atoms with van der Waals surface area (Å²) in [6.45, 7) is 0. The number of aromatic nitrogens is 3. The summed E-state index contributed by atoms with van der Waals surface area (Å²) in [6.07, 6.45) is -1.76. The first-order chi connectivity index (χ1) is 18.9. The molecule has 1 atom stereocenters. The van der Waals surface area contributed by atoms with E-state index in [9.17, 15) is 14.7 Å². The number of amides is 1. The van der Waals surface area contributed by atoms with Crippen LogP contribution in [0.15, 0.2) is 84.9 Å². The maximum Gasteiger partial charge on any atom is 0.348 e. The summed E-state index contributed by atoms with van der Waals surface area (Å²) >= 11 is 0. The van der Waals surface area contributed by atoms with Gasteiger partial charge in [0.05, 0.1) is 21.3 Å². The second-order valence-electron chi connectivity index (χ2n) is 8.15. The van der Waals surface area contributed by atoms with Crippen molar-refractivity contribution in [3.05, 3.63) is 102 Å². The summed E-state index contributed by atoms with van der Waals surface area (Å²) in [5.41, 5.74) is -0.588. The van der Waals surface area contributed by atoms with Crippen molar-refractivity contribution in [2.24, 2.45) is 0 Å². The van der Waals surface area contributed by atoms with Crippen molar-refractivity contribution in [2.45, 2.75) is 11.6 Å². The van der Waals surface area contributed by atoms with Gasteiger partial charge in [0.15, 0.2) is 0 Å². The predicted molar refractivity (Wildman–Crippen MR) is 139 cm³/mol. The molecule has 2 N–H and O–H groups in total. The van der Waals surface area contributed by atoms with Crippen LogP contribution in [0.3, 0.4) is 0 Å². The third-order valence-corrected chi connectivity index (χ3v) is 5.90. The number of carbonyl (C=O) groups excluding carboxylic acids is 1. The van der Waals surface area contributed by atoms with Gasteiger partial charge >= 0.3 is 24.0 Å². The molecular weight excluding hydrogens is 504 g/mol. The Bertz CT molecular complexity index is 1360. The van der Waals surface area contributed by atoms with Crippen LogP contribution in [0.5, 0.6) is 23.8 Å². The molecule has 11 nitrogen and oxygen atoms in total. The molecule has 0 aliphatic rings. The van der Waals surface area contributed by atoms with E-state index in [0.717, 1.165) is 0 Å². The number of aliphatic carboxylic acids is 1. The van der Waals surface area contributed by atoms with Gasteiger partial charge in [-0.2, -0.15) is 0 Å². The highest BCUT2D eigenvalue weighted by molar-refractivity contribution is 5.96. The van der Waals surface area contributed by atoms with Crippen molar-refractivity contribution in [1.29, 1.82) is 0 Å². The lowest BCUT2D eigenvalue weighted by Crippen LogP contribution is -2.60. The Kier molecular flexibility index (Phi) is 8.20. The molecule has 0 aliphatic carbocycles. The molecular formula is C28H26N4O7. The van der Waals surface area contributed by atoms with Crippen LogP contribution in [0.25, 0.3) is 0 Å². The van der Waals surface area contributed by atoms with Gasteiger partial charge in [-0.25, -0.2) is 4.79 Å². The van der Waals surface area contributed by atoms with Crippen molar-refractivity contribution < 1.29 is 33.6 Å². The number of ether oxygens (including phenoxy) is 4. The number of rotatable bonds is 11. The van der Waals surface area contributed by atoms with Gasteiger partial charge in [0.1, 0.15) is 11.3 Å². The summed E-state index contributed by atoms with van der Waals surface area (Å²) in [4.78, 5) is 38.7. The Morgan fingerprint density at radius 3 is 1.64 bits per heavy atom. The minimum Gasteiger partial charge on any atom is -0.497 e. The van der Waals surface area contributed by atoms with Gasteiger partial charge in [0.2, 0.25) is 6.10 Å². The van der Waals surface area contributed by atoms with Crippen molar-refractivity contribution in [3.8, 4) is 23.8 Å². The van der Waals surface area contributed by atoms with E-state index in [1.165, 1.54) is 21.3 Å². The number of methoxy groups -OCH3 is 3. The first-order valence-electron chi connectivity index (χ1n) is 11.7. The second-order valence-corrected chi connectivity index (χ2v) is 8.15. The Morgan fingerprint density at radius 2 is 1.21 bits per heavy atom. The highest BCUT2D eigenvalue weighted by atomic mass is 16.5. The molecule has 0 fully saturated rings. The summed E-state index contributed by atoms with van der Waals surface area (Å²) in [6, 6.07) is 23.1. The summed E-state index contributed by atoms with van der Waals surface area (Å²) in [7, 11) is 4.19. The average molecular weight is 531 g/mol. The summed E-state index contributed by atoms with van der Waals surface area (Å²) < 4.78 is 21.3. The van der Waals surface area contributed by atoms with Crippen LogP contribution in [0.1, 0.15) is 21.5 Å². The Balaban J connectivity index is 1.92. The summed E-state index contributed by atoms with van der Waals surface area (Å²) in [5, 5.41) is 13.5. The van der Waals surface area contributed by atoms with E-state index in [-0.39, 0.29) is 23.6 Å². The molecule has 0 aliphatic heterocycles. The van der Waals surface area contributed by atoms with Crippen LogP contribution >= 0.6 is 0 Å². The molecule has 0 bridgehead atoms. The molecule has 1 amide bonds. The number of carbonyl (C=O) groups is 2. The molecule has 0 radical (unpaired) electrons. The monoisotopic (exact) mass is 530 g/mol. The van der Waals surface area contributed by atoms with Gasteiger partial charge in [-0.15, -0.1) is 15.0 Å². The zero-order valence-electron chi connectivity index (χ0n) is 21.4. The van der Waals surface area contributed by atoms with E-state index in [4.69, 9.17) is 18.9 Å². The molecule has 200 valence electrons. The molecule has 1 heterocycles.